The zero-order valence-electron chi connectivity index (χ0n) is 21.8. The van der Waals surface area contributed by atoms with E-state index in [4.69, 9.17) is 4.74 Å². The minimum Gasteiger partial charge on any atom is -0.379 e. The summed E-state index contributed by atoms with van der Waals surface area (Å²) in [7, 11) is -2.39. The molecule has 0 aliphatic carbocycles. The molecule has 0 bridgehead atoms. The average molecular weight is 587 g/mol. The number of halogens is 2. The molecule has 0 N–H and O–H groups in total. The van der Waals surface area contributed by atoms with Crippen molar-refractivity contribution in [1.82, 2.24) is 9.88 Å². The number of nitrogens with zero attached hydrogens (tertiary/aromatic N) is 4. The molecule has 40 heavy (non-hydrogen) atoms. The number of thiazole rings is 1. The Morgan fingerprint density at radius 2 is 1.75 bits per heavy atom. The van der Waals surface area contributed by atoms with E-state index in [1.54, 1.807) is 30.3 Å². The summed E-state index contributed by atoms with van der Waals surface area (Å²) in [6.45, 7) is 3.92. The first-order chi connectivity index (χ1) is 19.2. The Morgan fingerprint density at radius 3 is 2.45 bits per heavy atom. The topological polar surface area (TPSA) is 83.1 Å². The van der Waals surface area contributed by atoms with E-state index in [-0.39, 0.29) is 27.7 Å². The van der Waals surface area contributed by atoms with E-state index in [1.807, 2.05) is 0 Å². The summed E-state index contributed by atoms with van der Waals surface area (Å²) < 4.78 is 61.4. The number of amides is 1. The van der Waals surface area contributed by atoms with Gasteiger partial charge in [-0.25, -0.2) is 22.2 Å². The fourth-order valence-electron chi connectivity index (χ4n) is 4.48. The van der Waals surface area contributed by atoms with Gasteiger partial charge in [0.1, 0.15) is 11.3 Å². The van der Waals surface area contributed by atoms with Crippen LogP contribution in [0.4, 0.5) is 19.6 Å². The van der Waals surface area contributed by atoms with E-state index >= 15 is 0 Å². The van der Waals surface area contributed by atoms with Crippen LogP contribution in [-0.2, 0) is 14.8 Å². The third kappa shape index (κ3) is 5.99. The molecule has 1 saturated heterocycles. The number of fused-ring (bicyclic) bond motifs is 1. The van der Waals surface area contributed by atoms with Crippen LogP contribution >= 0.6 is 11.3 Å². The van der Waals surface area contributed by atoms with Gasteiger partial charge in [-0.15, -0.1) is 0 Å². The van der Waals surface area contributed by atoms with Gasteiger partial charge in [0.2, 0.25) is 0 Å². The highest BCUT2D eigenvalue weighted by atomic mass is 32.2. The Kier molecular flexibility index (Phi) is 8.40. The highest BCUT2D eigenvalue weighted by molar-refractivity contribution is 7.92. The summed E-state index contributed by atoms with van der Waals surface area (Å²) in [5.74, 6) is -1.93. The van der Waals surface area contributed by atoms with E-state index in [1.165, 1.54) is 46.6 Å². The second-order valence-corrected chi connectivity index (χ2v) is 12.3. The lowest BCUT2D eigenvalue weighted by Crippen LogP contribution is -2.39. The summed E-state index contributed by atoms with van der Waals surface area (Å²) in [4.78, 5) is 21.7. The molecule has 0 atom stereocenters. The molecule has 12 heteroatoms. The van der Waals surface area contributed by atoms with Crippen molar-refractivity contribution < 1.29 is 26.7 Å². The summed E-state index contributed by atoms with van der Waals surface area (Å²) in [5.41, 5.74) is 0.755. The van der Waals surface area contributed by atoms with E-state index in [9.17, 15) is 22.0 Å². The van der Waals surface area contributed by atoms with Crippen LogP contribution in [0, 0.1) is 11.6 Å². The molecule has 1 aliphatic heterocycles. The number of morpholine rings is 1. The zero-order chi connectivity index (χ0) is 28.3. The maximum absolute atomic E-state index is 14.4. The molecule has 1 aromatic heterocycles. The third-order valence-corrected chi connectivity index (χ3v) is 9.54. The van der Waals surface area contributed by atoms with E-state index < -0.39 is 27.6 Å². The molecule has 1 fully saturated rings. The van der Waals surface area contributed by atoms with Gasteiger partial charge in [0.15, 0.2) is 10.9 Å². The van der Waals surface area contributed by atoms with E-state index in [2.05, 4.69) is 9.88 Å². The van der Waals surface area contributed by atoms with Crippen molar-refractivity contribution in [1.29, 1.82) is 0 Å². The van der Waals surface area contributed by atoms with Crippen LogP contribution < -0.4 is 9.21 Å². The number of anilines is 2. The lowest BCUT2D eigenvalue weighted by Gasteiger charge is -2.27. The number of benzene rings is 3. The van der Waals surface area contributed by atoms with Crippen molar-refractivity contribution in [3.05, 3.63) is 83.9 Å². The van der Waals surface area contributed by atoms with Gasteiger partial charge in [-0.1, -0.05) is 29.5 Å². The summed E-state index contributed by atoms with van der Waals surface area (Å²) in [6, 6.07) is 16.3. The predicted molar refractivity (Wildman–Crippen MR) is 152 cm³/mol. The van der Waals surface area contributed by atoms with E-state index in [0.717, 1.165) is 37.0 Å². The first-order valence-corrected chi connectivity index (χ1v) is 15.0. The maximum atomic E-state index is 14.4. The number of hydrogen-bond donors (Lipinski definition) is 0. The fraction of sp³-hybridized carbons (Fsp3) is 0.286. The number of ether oxygens (including phenoxy) is 1. The number of rotatable bonds is 9. The van der Waals surface area contributed by atoms with Crippen molar-refractivity contribution in [3.8, 4) is 0 Å². The standard InChI is InChI=1S/C28H28F2N4O4S2/c1-32(22-6-3-2-4-7-22)40(36,37)23-10-8-20(9-11-23)27(35)34(13-5-12-33-14-16-38-17-15-33)28-31-26-24(30)18-21(29)19-25(26)39-28/h2-4,6-11,18-19H,5,12-17H2,1H3. The number of hydrogen-bond acceptors (Lipinski definition) is 7. The molecular weight excluding hydrogens is 558 g/mol. The SMILES string of the molecule is CN(c1ccccc1)S(=O)(=O)c1ccc(C(=O)N(CCCN2CCOCC2)c2nc3c(F)cc(F)cc3s2)cc1. The van der Waals surface area contributed by atoms with Crippen LogP contribution in [0.3, 0.4) is 0 Å². The van der Waals surface area contributed by atoms with Crippen LogP contribution in [0.15, 0.2) is 71.6 Å². The van der Waals surface area contributed by atoms with Crippen molar-refractivity contribution in [2.45, 2.75) is 11.3 Å². The van der Waals surface area contributed by atoms with Crippen LogP contribution in [0.25, 0.3) is 10.2 Å². The van der Waals surface area contributed by atoms with Gasteiger partial charge in [-0.2, -0.15) is 0 Å². The van der Waals surface area contributed by atoms with Crippen molar-refractivity contribution >= 4 is 48.3 Å². The van der Waals surface area contributed by atoms with Gasteiger partial charge < -0.3 is 4.74 Å². The van der Waals surface area contributed by atoms with Gasteiger partial charge in [0.25, 0.3) is 15.9 Å². The monoisotopic (exact) mass is 586 g/mol. The number of sulfonamides is 1. The summed E-state index contributed by atoms with van der Waals surface area (Å²) >= 11 is 1.03. The predicted octanol–water partition coefficient (Wildman–Crippen LogP) is 4.77. The number of carbonyl (C=O) groups excluding carboxylic acids is 1. The fourth-order valence-corrected chi connectivity index (χ4v) is 6.71. The second-order valence-electron chi connectivity index (χ2n) is 9.33. The normalized spacial score (nSPS) is 14.4. The molecule has 0 spiro atoms. The van der Waals surface area contributed by atoms with E-state index in [0.29, 0.717) is 30.0 Å². The van der Waals surface area contributed by atoms with Gasteiger partial charge in [0.05, 0.1) is 28.5 Å². The molecule has 0 radical (unpaired) electrons. The minimum atomic E-state index is -3.85. The van der Waals surface area contributed by atoms with Gasteiger partial charge in [0, 0.05) is 44.9 Å². The Labute approximate surface area is 235 Å². The van der Waals surface area contributed by atoms with Gasteiger partial charge in [-0.05, 0) is 48.9 Å². The zero-order valence-corrected chi connectivity index (χ0v) is 23.4. The van der Waals surface area contributed by atoms with Crippen molar-refractivity contribution in [3.63, 3.8) is 0 Å². The second kappa shape index (κ2) is 12.0. The first kappa shape index (κ1) is 28.1. The first-order valence-electron chi connectivity index (χ1n) is 12.8. The Morgan fingerprint density at radius 1 is 1.05 bits per heavy atom. The molecule has 210 valence electrons. The largest absolute Gasteiger partial charge is 0.379 e. The molecule has 2 heterocycles. The lowest BCUT2D eigenvalue weighted by molar-refractivity contribution is 0.0376. The number of carbonyl (C=O) groups is 1. The molecule has 0 unspecified atom stereocenters. The third-order valence-electron chi connectivity index (χ3n) is 6.72. The Bertz CT molecular complexity index is 1590. The summed E-state index contributed by atoms with van der Waals surface area (Å²) in [5, 5.41) is 0.243. The lowest BCUT2D eigenvalue weighted by atomic mass is 10.2. The van der Waals surface area contributed by atoms with Gasteiger partial charge in [-0.3, -0.25) is 18.9 Å². The molecule has 3 aromatic carbocycles. The molecule has 1 amide bonds. The van der Waals surface area contributed by atoms with Gasteiger partial charge >= 0.3 is 0 Å². The quantitative estimate of drug-likeness (QED) is 0.281. The summed E-state index contributed by atoms with van der Waals surface area (Å²) in [6.07, 6.45) is 0.618. The molecule has 1 aliphatic rings. The minimum absolute atomic E-state index is 0.00207. The van der Waals surface area contributed by atoms with Crippen LogP contribution in [0.2, 0.25) is 0 Å². The molecule has 8 nitrogen and oxygen atoms in total. The van der Waals surface area contributed by atoms with Crippen LogP contribution in [0.5, 0.6) is 0 Å². The smallest absolute Gasteiger partial charge is 0.264 e. The number of aromatic nitrogens is 1. The molecule has 0 saturated carbocycles. The highest BCUT2D eigenvalue weighted by Crippen LogP contribution is 2.32. The molecular formula is C28H28F2N4O4S2. The van der Waals surface area contributed by atoms with Crippen LogP contribution in [0.1, 0.15) is 16.8 Å². The Hall–Kier alpha value is -3.45. The van der Waals surface area contributed by atoms with Crippen molar-refractivity contribution in [2.24, 2.45) is 0 Å². The van der Waals surface area contributed by atoms with Crippen LogP contribution in [-0.4, -0.2) is 70.6 Å². The highest BCUT2D eigenvalue weighted by Gasteiger charge is 2.25. The molecule has 5 rings (SSSR count). The Balaban J connectivity index is 1.40. The van der Waals surface area contributed by atoms with Crippen molar-refractivity contribution in [2.75, 3.05) is 55.6 Å². The average Bonchev–Trinajstić information content (AvgIpc) is 3.40. The number of para-hydroxylation sites is 1. The maximum Gasteiger partial charge on any atom is 0.264 e. The molecule has 4 aromatic rings.